The van der Waals surface area contributed by atoms with E-state index in [0.29, 0.717) is 29.5 Å². The smallest absolute Gasteiger partial charge is 0.242 e. The van der Waals surface area contributed by atoms with E-state index >= 15 is 0 Å². The molecule has 3 heterocycles. The number of nitrogens with zero attached hydrogens (tertiary/aromatic N) is 5. The normalized spacial score (nSPS) is 19.0. The summed E-state index contributed by atoms with van der Waals surface area (Å²) in [4.78, 5) is 26.9. The Morgan fingerprint density at radius 1 is 1.39 bits per heavy atom. The van der Waals surface area contributed by atoms with E-state index in [-0.39, 0.29) is 12.5 Å². The third kappa shape index (κ3) is 3.42. The predicted octanol–water partition coefficient (Wildman–Crippen LogP) is 0.684. The Bertz CT molecular complexity index is 686. The number of carbonyl (C=O) groups is 1. The fourth-order valence-electron chi connectivity index (χ4n) is 3.09. The number of imidazole rings is 1. The number of nitrogen functional groups attached to an aromatic ring is 1. The van der Waals surface area contributed by atoms with E-state index in [0.717, 1.165) is 32.4 Å². The van der Waals surface area contributed by atoms with Crippen LogP contribution >= 0.6 is 0 Å². The van der Waals surface area contributed by atoms with Crippen LogP contribution in [0.1, 0.15) is 19.3 Å². The molecule has 0 spiro atoms. The lowest BCUT2D eigenvalue weighted by molar-refractivity contribution is -0.132. The number of hydrogen-bond donors (Lipinski definition) is 1. The Labute approximate surface area is 134 Å². The molecule has 23 heavy (non-hydrogen) atoms. The van der Waals surface area contributed by atoms with Crippen LogP contribution in [0, 0.1) is 5.92 Å². The van der Waals surface area contributed by atoms with Crippen LogP contribution in [0.4, 0.5) is 5.82 Å². The molecule has 1 atom stereocenters. The van der Waals surface area contributed by atoms with Gasteiger partial charge in [0, 0.05) is 20.2 Å². The van der Waals surface area contributed by atoms with E-state index in [1.807, 2.05) is 4.90 Å². The summed E-state index contributed by atoms with van der Waals surface area (Å²) < 4.78 is 6.99. The minimum atomic E-state index is 0.0736. The van der Waals surface area contributed by atoms with Gasteiger partial charge in [-0.1, -0.05) is 6.42 Å². The average molecular weight is 318 g/mol. The lowest BCUT2D eigenvalue weighted by Crippen LogP contribution is -2.37. The first-order valence-corrected chi connectivity index (χ1v) is 7.87. The fourth-order valence-corrected chi connectivity index (χ4v) is 3.09. The number of aromatic nitrogens is 4. The number of hydrogen-bond acceptors (Lipinski definition) is 6. The van der Waals surface area contributed by atoms with Crippen molar-refractivity contribution in [1.29, 1.82) is 0 Å². The molecule has 1 saturated heterocycles. The maximum atomic E-state index is 12.7. The van der Waals surface area contributed by atoms with Crippen LogP contribution in [-0.2, 0) is 16.1 Å². The maximum Gasteiger partial charge on any atom is 0.242 e. The van der Waals surface area contributed by atoms with Gasteiger partial charge >= 0.3 is 0 Å². The van der Waals surface area contributed by atoms with Crippen molar-refractivity contribution in [2.45, 2.75) is 25.8 Å². The molecule has 0 radical (unpaired) electrons. The third-order valence-electron chi connectivity index (χ3n) is 4.26. The quantitative estimate of drug-likeness (QED) is 0.890. The average Bonchev–Trinajstić information content (AvgIpc) is 2.79. The summed E-state index contributed by atoms with van der Waals surface area (Å²) in [6.45, 7) is 2.45. The molecule has 2 aromatic rings. The van der Waals surface area contributed by atoms with Crippen molar-refractivity contribution in [2.75, 3.05) is 32.5 Å². The second-order valence-corrected chi connectivity index (χ2v) is 5.96. The van der Waals surface area contributed by atoms with E-state index in [1.165, 1.54) is 6.33 Å². The molecule has 2 N–H and O–H groups in total. The van der Waals surface area contributed by atoms with Gasteiger partial charge in [0.15, 0.2) is 11.5 Å². The number of anilines is 1. The predicted molar refractivity (Wildman–Crippen MR) is 85.5 cm³/mol. The molecule has 1 amide bonds. The number of nitrogens with two attached hydrogens (primary N) is 1. The van der Waals surface area contributed by atoms with E-state index in [2.05, 4.69) is 15.0 Å². The van der Waals surface area contributed by atoms with Crippen molar-refractivity contribution in [2.24, 2.45) is 5.92 Å². The lowest BCUT2D eigenvalue weighted by Gasteiger charge is -2.24. The fraction of sp³-hybridized carbons (Fsp3) is 0.600. The number of amides is 1. The topological polar surface area (TPSA) is 99.2 Å². The minimum Gasteiger partial charge on any atom is -0.384 e. The molecule has 8 heteroatoms. The molecule has 1 aliphatic heterocycles. The zero-order valence-electron chi connectivity index (χ0n) is 13.3. The number of carbonyl (C=O) groups excluding carboxylic acids is 1. The number of likely N-dealkylation sites (tertiary alicyclic amines) is 1. The summed E-state index contributed by atoms with van der Waals surface area (Å²) in [5, 5.41) is 0. The summed E-state index contributed by atoms with van der Waals surface area (Å²) in [6, 6.07) is 0. The van der Waals surface area contributed by atoms with Crippen LogP contribution in [0.15, 0.2) is 12.7 Å². The highest BCUT2D eigenvalue weighted by Crippen LogP contribution is 2.18. The number of rotatable bonds is 4. The highest BCUT2D eigenvalue weighted by Gasteiger charge is 2.22. The molecule has 0 aromatic carbocycles. The van der Waals surface area contributed by atoms with Crippen LogP contribution in [-0.4, -0.2) is 57.1 Å². The van der Waals surface area contributed by atoms with Gasteiger partial charge in [0.05, 0.1) is 12.9 Å². The van der Waals surface area contributed by atoms with E-state index < -0.39 is 0 Å². The van der Waals surface area contributed by atoms with Crippen LogP contribution in [0.2, 0.25) is 0 Å². The summed E-state index contributed by atoms with van der Waals surface area (Å²) in [7, 11) is 1.71. The van der Waals surface area contributed by atoms with Crippen molar-refractivity contribution in [3.05, 3.63) is 12.7 Å². The zero-order chi connectivity index (χ0) is 16.2. The van der Waals surface area contributed by atoms with Gasteiger partial charge in [-0.05, 0) is 18.8 Å². The third-order valence-corrected chi connectivity index (χ3v) is 4.26. The molecular formula is C15H22N6O2. The molecular weight excluding hydrogens is 296 g/mol. The molecule has 1 unspecified atom stereocenters. The van der Waals surface area contributed by atoms with Crippen molar-refractivity contribution in [3.8, 4) is 0 Å². The van der Waals surface area contributed by atoms with Gasteiger partial charge in [-0.15, -0.1) is 0 Å². The molecule has 3 rings (SSSR count). The Kier molecular flexibility index (Phi) is 4.71. The first-order valence-electron chi connectivity index (χ1n) is 7.87. The molecule has 0 bridgehead atoms. The summed E-state index contributed by atoms with van der Waals surface area (Å²) >= 11 is 0. The van der Waals surface area contributed by atoms with Crippen LogP contribution in [0.3, 0.4) is 0 Å². The summed E-state index contributed by atoms with van der Waals surface area (Å²) in [5.41, 5.74) is 6.91. The number of ether oxygens (including phenoxy) is 1. The minimum absolute atomic E-state index is 0.0736. The van der Waals surface area contributed by atoms with Crippen LogP contribution < -0.4 is 5.73 Å². The SMILES string of the molecule is COCC1CCCCN(C(=O)Cn2cnc3c(N)ncnc32)C1. The van der Waals surface area contributed by atoms with Gasteiger partial charge in [0.2, 0.25) is 5.91 Å². The van der Waals surface area contributed by atoms with Gasteiger partial charge in [0.1, 0.15) is 18.4 Å². The monoisotopic (exact) mass is 318 g/mol. The van der Waals surface area contributed by atoms with E-state index in [1.54, 1.807) is 18.0 Å². The van der Waals surface area contributed by atoms with Crippen molar-refractivity contribution < 1.29 is 9.53 Å². The molecule has 8 nitrogen and oxygen atoms in total. The Morgan fingerprint density at radius 3 is 3.09 bits per heavy atom. The Morgan fingerprint density at radius 2 is 2.26 bits per heavy atom. The maximum absolute atomic E-state index is 12.7. The standard InChI is InChI=1S/C15H22N6O2/c1-23-8-11-4-2-3-5-20(6-11)12(22)7-21-10-19-13-14(16)17-9-18-15(13)21/h9-11H,2-8H2,1H3,(H2,16,17,18). The molecule has 124 valence electrons. The number of fused-ring (bicyclic) bond motifs is 1. The van der Waals surface area contributed by atoms with Gasteiger partial charge in [-0.2, -0.15) is 0 Å². The van der Waals surface area contributed by atoms with E-state index in [9.17, 15) is 4.79 Å². The first-order chi connectivity index (χ1) is 11.2. The molecule has 1 aliphatic rings. The highest BCUT2D eigenvalue weighted by molar-refractivity contribution is 5.83. The molecule has 2 aromatic heterocycles. The van der Waals surface area contributed by atoms with Crippen molar-refractivity contribution in [1.82, 2.24) is 24.4 Å². The van der Waals surface area contributed by atoms with Crippen LogP contribution in [0.5, 0.6) is 0 Å². The largest absolute Gasteiger partial charge is 0.384 e. The van der Waals surface area contributed by atoms with Gasteiger partial charge in [-0.3, -0.25) is 4.79 Å². The Balaban J connectivity index is 1.73. The zero-order valence-corrected chi connectivity index (χ0v) is 13.3. The summed E-state index contributed by atoms with van der Waals surface area (Å²) in [5.74, 6) is 0.810. The summed E-state index contributed by atoms with van der Waals surface area (Å²) in [6.07, 6.45) is 6.26. The van der Waals surface area contributed by atoms with Gasteiger partial charge in [0.25, 0.3) is 0 Å². The van der Waals surface area contributed by atoms with Gasteiger partial charge in [-0.25, -0.2) is 15.0 Å². The molecule has 0 saturated carbocycles. The van der Waals surface area contributed by atoms with E-state index in [4.69, 9.17) is 10.5 Å². The lowest BCUT2D eigenvalue weighted by atomic mass is 10.0. The van der Waals surface area contributed by atoms with Crippen molar-refractivity contribution >= 4 is 22.9 Å². The van der Waals surface area contributed by atoms with Crippen molar-refractivity contribution in [3.63, 3.8) is 0 Å². The Hall–Kier alpha value is -2.22. The first kappa shape index (κ1) is 15.7. The molecule has 1 fully saturated rings. The highest BCUT2D eigenvalue weighted by atomic mass is 16.5. The molecule has 0 aliphatic carbocycles. The second kappa shape index (κ2) is 6.91. The number of methoxy groups -OCH3 is 1. The second-order valence-electron chi connectivity index (χ2n) is 5.96. The van der Waals surface area contributed by atoms with Gasteiger partial charge < -0.3 is 19.9 Å². The van der Waals surface area contributed by atoms with Crippen LogP contribution in [0.25, 0.3) is 11.2 Å².